The number of aliphatic hydroxyl groups is 4. The van der Waals surface area contributed by atoms with Crippen molar-refractivity contribution >= 4 is 11.9 Å². The molecule has 1 aliphatic heterocycles. The van der Waals surface area contributed by atoms with Crippen molar-refractivity contribution in [2.75, 3.05) is 19.8 Å². The second kappa shape index (κ2) is 18.7. The predicted octanol–water partition coefficient (Wildman–Crippen LogP) is 1.75. The van der Waals surface area contributed by atoms with Crippen LogP contribution >= 0.6 is 0 Å². The summed E-state index contributed by atoms with van der Waals surface area (Å²) in [6.45, 7) is 2.85. The summed E-state index contributed by atoms with van der Waals surface area (Å²) in [5.74, 6) is -0.889. The smallest absolute Gasteiger partial charge is 0.306 e. The number of hydrogen-bond acceptors (Lipinski definition) is 10. The quantitative estimate of drug-likeness (QED) is 0.123. The molecule has 10 heteroatoms. The van der Waals surface area contributed by atoms with Crippen LogP contribution in [0.1, 0.15) is 78.1 Å². The Balaban J connectivity index is 2.49. The van der Waals surface area contributed by atoms with Crippen molar-refractivity contribution in [2.24, 2.45) is 0 Å². The maximum atomic E-state index is 12.3. The molecule has 10 nitrogen and oxygen atoms in total. The lowest BCUT2D eigenvalue weighted by molar-refractivity contribution is -0.305. The van der Waals surface area contributed by atoms with Crippen LogP contribution in [0, 0.1) is 0 Å². The molecule has 1 saturated heterocycles. The second-order valence-corrected chi connectivity index (χ2v) is 8.76. The third-order valence-electron chi connectivity index (χ3n) is 5.63. The van der Waals surface area contributed by atoms with Crippen molar-refractivity contribution in [1.29, 1.82) is 0 Å². The van der Waals surface area contributed by atoms with Crippen LogP contribution in [0.25, 0.3) is 0 Å². The third-order valence-corrected chi connectivity index (χ3v) is 5.63. The molecule has 35 heavy (non-hydrogen) atoms. The molecule has 0 radical (unpaired) electrons. The Bertz CT molecular complexity index is 609. The second-order valence-electron chi connectivity index (χ2n) is 8.76. The number of allylic oxidation sites excluding steroid dienone is 2. The molecule has 0 aliphatic carbocycles. The third kappa shape index (κ3) is 12.8. The molecule has 0 saturated carbocycles. The predicted molar refractivity (Wildman–Crippen MR) is 127 cm³/mol. The van der Waals surface area contributed by atoms with Gasteiger partial charge in [0.2, 0.25) is 0 Å². The monoisotopic (exact) mass is 504 g/mol. The minimum atomic E-state index is -1.59. The summed E-state index contributed by atoms with van der Waals surface area (Å²) in [4.78, 5) is 24.1. The number of unbranched alkanes of at least 4 members (excludes halogenated alkanes) is 5. The highest BCUT2D eigenvalue weighted by molar-refractivity contribution is 5.70. The number of hydrogen-bond donors (Lipinski definition) is 4. The van der Waals surface area contributed by atoms with E-state index < -0.39 is 55.4 Å². The minimum absolute atomic E-state index is 0.217. The highest BCUT2D eigenvalue weighted by atomic mass is 16.7. The average molecular weight is 505 g/mol. The maximum absolute atomic E-state index is 12.3. The van der Waals surface area contributed by atoms with Gasteiger partial charge >= 0.3 is 11.9 Å². The maximum Gasteiger partial charge on any atom is 0.306 e. The topological polar surface area (TPSA) is 152 Å². The number of esters is 2. The van der Waals surface area contributed by atoms with E-state index in [2.05, 4.69) is 19.1 Å². The molecule has 204 valence electrons. The Morgan fingerprint density at radius 2 is 1.60 bits per heavy atom. The van der Waals surface area contributed by atoms with E-state index in [4.69, 9.17) is 18.9 Å². The van der Waals surface area contributed by atoms with E-state index >= 15 is 0 Å². The molecule has 1 heterocycles. The molecule has 4 N–H and O–H groups in total. The first-order valence-corrected chi connectivity index (χ1v) is 12.8. The van der Waals surface area contributed by atoms with Crippen molar-refractivity contribution in [3.8, 4) is 0 Å². The van der Waals surface area contributed by atoms with Gasteiger partial charge < -0.3 is 39.4 Å². The Hall–Kier alpha value is -1.56. The molecule has 1 aliphatic rings. The Morgan fingerprint density at radius 3 is 2.29 bits per heavy atom. The van der Waals surface area contributed by atoms with Crippen LogP contribution in [0.2, 0.25) is 0 Å². The fourth-order valence-corrected chi connectivity index (χ4v) is 3.58. The number of carbonyl (C=O) groups excluding carboxylic acids is 2. The van der Waals surface area contributed by atoms with E-state index in [1.54, 1.807) is 0 Å². The molecular weight excluding hydrogens is 460 g/mol. The lowest BCUT2D eigenvalue weighted by Gasteiger charge is -2.39. The zero-order valence-corrected chi connectivity index (χ0v) is 21.0. The van der Waals surface area contributed by atoms with E-state index in [1.165, 1.54) is 0 Å². The van der Waals surface area contributed by atoms with Gasteiger partial charge in [0, 0.05) is 12.8 Å². The van der Waals surface area contributed by atoms with Crippen LogP contribution in [0.5, 0.6) is 0 Å². The number of carbonyl (C=O) groups is 2. The van der Waals surface area contributed by atoms with Crippen molar-refractivity contribution in [3.63, 3.8) is 0 Å². The van der Waals surface area contributed by atoms with Crippen LogP contribution in [0.15, 0.2) is 12.2 Å². The minimum Gasteiger partial charge on any atom is -0.462 e. The number of rotatable bonds is 18. The van der Waals surface area contributed by atoms with Crippen LogP contribution in [0.4, 0.5) is 0 Å². The van der Waals surface area contributed by atoms with Gasteiger partial charge in [0.1, 0.15) is 31.0 Å². The first kappa shape index (κ1) is 31.5. The van der Waals surface area contributed by atoms with Crippen LogP contribution in [0.3, 0.4) is 0 Å². The molecule has 0 amide bonds. The van der Waals surface area contributed by atoms with Gasteiger partial charge in [-0.05, 0) is 32.1 Å². The van der Waals surface area contributed by atoms with Crippen molar-refractivity contribution < 1.29 is 49.0 Å². The first-order valence-electron chi connectivity index (χ1n) is 12.8. The Labute approximate surface area is 208 Å². The van der Waals surface area contributed by atoms with Crippen LogP contribution in [-0.4, -0.2) is 89.0 Å². The fraction of sp³-hybridized carbons (Fsp3) is 0.840. The van der Waals surface area contributed by atoms with Crippen LogP contribution in [-0.2, 0) is 28.5 Å². The van der Waals surface area contributed by atoms with E-state index in [9.17, 15) is 30.0 Å². The highest BCUT2D eigenvalue weighted by Crippen LogP contribution is 2.22. The average Bonchev–Trinajstić information content (AvgIpc) is 2.84. The van der Waals surface area contributed by atoms with Crippen LogP contribution < -0.4 is 0 Å². The molecule has 6 atom stereocenters. The number of aliphatic hydroxyl groups excluding tert-OH is 4. The largest absolute Gasteiger partial charge is 0.462 e. The van der Waals surface area contributed by atoms with E-state index in [0.717, 1.165) is 38.5 Å². The fourth-order valence-electron chi connectivity index (χ4n) is 3.58. The SMILES string of the molecule is CC/C=C/CCCCCCCC(=O)O[C@H](COC(=O)CCC)CO[C@@H]1O[C@H](CO)[C@H](O)[C@H](O)[C@H]1O. The van der Waals surface area contributed by atoms with Gasteiger partial charge in [-0.25, -0.2) is 0 Å². The Morgan fingerprint density at radius 1 is 0.886 bits per heavy atom. The lowest BCUT2D eigenvalue weighted by atomic mass is 9.99. The summed E-state index contributed by atoms with van der Waals surface area (Å²) >= 11 is 0. The van der Waals surface area contributed by atoms with Gasteiger partial charge in [0.05, 0.1) is 13.2 Å². The van der Waals surface area contributed by atoms with Gasteiger partial charge in [-0.2, -0.15) is 0 Å². The summed E-state index contributed by atoms with van der Waals surface area (Å²) < 4.78 is 21.4. The summed E-state index contributed by atoms with van der Waals surface area (Å²) in [6.07, 6.45) is 4.27. The normalized spacial score (nSPS) is 25.5. The van der Waals surface area contributed by atoms with Gasteiger partial charge in [0.25, 0.3) is 0 Å². The molecule has 1 rings (SSSR count). The van der Waals surface area contributed by atoms with Crippen molar-refractivity contribution in [2.45, 2.75) is 115 Å². The summed E-state index contributed by atoms with van der Waals surface area (Å²) in [7, 11) is 0. The number of ether oxygens (including phenoxy) is 4. The zero-order valence-electron chi connectivity index (χ0n) is 21.0. The molecule has 0 spiro atoms. The molecule has 0 aromatic heterocycles. The van der Waals surface area contributed by atoms with Gasteiger partial charge in [0.15, 0.2) is 12.4 Å². The van der Waals surface area contributed by atoms with E-state index in [1.807, 2.05) is 6.92 Å². The molecular formula is C25H44O10. The van der Waals surface area contributed by atoms with Gasteiger partial charge in [-0.1, -0.05) is 45.3 Å². The molecule has 0 aromatic rings. The van der Waals surface area contributed by atoms with Crippen molar-refractivity contribution in [3.05, 3.63) is 12.2 Å². The zero-order chi connectivity index (χ0) is 26.1. The molecule has 1 fully saturated rings. The Kier molecular flexibility index (Phi) is 16.8. The first-order chi connectivity index (χ1) is 16.8. The molecule has 0 bridgehead atoms. The lowest BCUT2D eigenvalue weighted by Crippen LogP contribution is -2.59. The summed E-state index contributed by atoms with van der Waals surface area (Å²) in [5.41, 5.74) is 0. The molecule has 0 unspecified atom stereocenters. The van der Waals surface area contributed by atoms with Gasteiger partial charge in [-0.3, -0.25) is 9.59 Å². The molecule has 0 aromatic carbocycles. The van der Waals surface area contributed by atoms with E-state index in [0.29, 0.717) is 12.8 Å². The van der Waals surface area contributed by atoms with Crippen molar-refractivity contribution in [1.82, 2.24) is 0 Å². The standard InChI is InChI=1S/C25H44O10/c1-3-5-6-7-8-9-10-11-12-14-21(28)34-18(16-32-20(27)13-4-2)17-33-25-24(31)23(30)22(29)19(15-26)35-25/h5-6,18-19,22-26,29-31H,3-4,7-17H2,1-2H3/b6-5+/t18-,19-,22+,23+,24-,25-/m1/s1. The van der Waals surface area contributed by atoms with E-state index in [-0.39, 0.29) is 26.1 Å². The summed E-state index contributed by atoms with van der Waals surface area (Å²) in [5, 5.41) is 39.2. The highest BCUT2D eigenvalue weighted by Gasteiger charge is 2.44. The summed E-state index contributed by atoms with van der Waals surface area (Å²) in [6, 6.07) is 0. The van der Waals surface area contributed by atoms with Gasteiger partial charge in [-0.15, -0.1) is 0 Å².